The first-order chi connectivity index (χ1) is 10.7. The van der Waals surface area contributed by atoms with Crippen molar-refractivity contribution in [3.05, 3.63) is 42.4 Å². The van der Waals surface area contributed by atoms with Crippen LogP contribution in [0.2, 0.25) is 0 Å². The number of benzene rings is 1. The molecular weight excluding hydrogens is 282 g/mol. The molecule has 3 rings (SSSR count). The number of hydrogen-bond acceptors (Lipinski definition) is 4. The number of likely N-dealkylation sites (tertiary alicyclic amines) is 1. The Morgan fingerprint density at radius 2 is 2.23 bits per heavy atom. The predicted molar refractivity (Wildman–Crippen MR) is 81.0 cm³/mol. The second-order valence-electron chi connectivity index (χ2n) is 5.39. The van der Waals surface area contributed by atoms with Gasteiger partial charge in [0.25, 0.3) is 0 Å². The summed E-state index contributed by atoms with van der Waals surface area (Å²) in [6, 6.07) is 9.49. The Morgan fingerprint density at radius 1 is 1.41 bits per heavy atom. The van der Waals surface area contributed by atoms with Crippen molar-refractivity contribution in [2.45, 2.75) is 25.5 Å². The molecule has 1 fully saturated rings. The van der Waals surface area contributed by atoms with Gasteiger partial charge in [0.2, 0.25) is 5.89 Å². The molecule has 116 valence electrons. The van der Waals surface area contributed by atoms with Gasteiger partial charge >= 0.3 is 6.03 Å². The van der Waals surface area contributed by atoms with E-state index >= 15 is 0 Å². The molecule has 1 unspecified atom stereocenters. The Bertz CT molecular complexity index is 627. The number of carbonyl (C=O) groups excluding carboxylic acids is 1. The molecule has 0 bridgehead atoms. The van der Waals surface area contributed by atoms with E-state index in [1.807, 2.05) is 30.3 Å². The van der Waals surface area contributed by atoms with Gasteiger partial charge in [-0.05, 0) is 12.8 Å². The standard InChI is InChI=1S/C16H19N3O3/c20-13-7-4-8-19(11-13)16(21)18-10-15-17-9-14(22-15)12-5-2-1-3-6-12/h1-3,5-6,9,13,20H,4,7-8,10-11H2,(H,18,21). The van der Waals surface area contributed by atoms with E-state index in [2.05, 4.69) is 10.3 Å². The summed E-state index contributed by atoms with van der Waals surface area (Å²) in [7, 11) is 0. The average Bonchev–Trinajstić information content (AvgIpc) is 3.02. The van der Waals surface area contributed by atoms with Gasteiger partial charge in [-0.2, -0.15) is 0 Å². The lowest BCUT2D eigenvalue weighted by Gasteiger charge is -2.29. The molecule has 2 amide bonds. The summed E-state index contributed by atoms with van der Waals surface area (Å²) >= 11 is 0. The number of aliphatic hydroxyl groups is 1. The topological polar surface area (TPSA) is 78.6 Å². The Balaban J connectivity index is 1.56. The summed E-state index contributed by atoms with van der Waals surface area (Å²) in [6.07, 6.45) is 2.81. The maximum Gasteiger partial charge on any atom is 0.317 e. The van der Waals surface area contributed by atoms with Crippen LogP contribution in [0.3, 0.4) is 0 Å². The van der Waals surface area contributed by atoms with Gasteiger partial charge in [-0.25, -0.2) is 9.78 Å². The van der Waals surface area contributed by atoms with Gasteiger partial charge in [0.05, 0.1) is 18.8 Å². The number of oxazole rings is 1. The van der Waals surface area contributed by atoms with Crippen molar-refractivity contribution in [1.82, 2.24) is 15.2 Å². The van der Waals surface area contributed by atoms with Crippen LogP contribution in [0.15, 0.2) is 40.9 Å². The number of urea groups is 1. The molecule has 1 aliphatic heterocycles. The van der Waals surface area contributed by atoms with Gasteiger partial charge in [0.15, 0.2) is 5.76 Å². The number of nitrogens with zero attached hydrogens (tertiary/aromatic N) is 2. The van der Waals surface area contributed by atoms with Gasteiger partial charge in [0.1, 0.15) is 0 Å². The normalized spacial score (nSPS) is 18.2. The minimum absolute atomic E-state index is 0.196. The van der Waals surface area contributed by atoms with E-state index in [1.165, 1.54) is 0 Å². The van der Waals surface area contributed by atoms with E-state index < -0.39 is 6.10 Å². The molecule has 2 heterocycles. The summed E-state index contributed by atoms with van der Waals surface area (Å²) in [4.78, 5) is 17.8. The second-order valence-corrected chi connectivity index (χ2v) is 5.39. The molecule has 2 aromatic rings. The van der Waals surface area contributed by atoms with Crippen LogP contribution in [0.25, 0.3) is 11.3 Å². The van der Waals surface area contributed by atoms with Crippen LogP contribution in [0.1, 0.15) is 18.7 Å². The lowest BCUT2D eigenvalue weighted by molar-refractivity contribution is 0.0840. The lowest BCUT2D eigenvalue weighted by atomic mass is 10.1. The highest BCUT2D eigenvalue weighted by atomic mass is 16.4. The SMILES string of the molecule is O=C(NCc1ncc(-c2ccccc2)o1)N1CCCC(O)C1. The number of hydrogen-bond donors (Lipinski definition) is 2. The highest BCUT2D eigenvalue weighted by molar-refractivity contribution is 5.74. The summed E-state index contributed by atoms with van der Waals surface area (Å²) in [5, 5.41) is 12.4. The van der Waals surface area contributed by atoms with E-state index in [-0.39, 0.29) is 12.6 Å². The van der Waals surface area contributed by atoms with Crippen LogP contribution < -0.4 is 5.32 Å². The molecule has 0 saturated carbocycles. The zero-order chi connectivity index (χ0) is 15.4. The minimum atomic E-state index is -0.425. The van der Waals surface area contributed by atoms with Crippen LogP contribution in [0, 0.1) is 0 Å². The van der Waals surface area contributed by atoms with Gasteiger partial charge in [0, 0.05) is 18.7 Å². The maximum atomic E-state index is 12.0. The molecule has 1 atom stereocenters. The monoisotopic (exact) mass is 301 g/mol. The molecule has 2 N–H and O–H groups in total. The zero-order valence-corrected chi connectivity index (χ0v) is 12.2. The summed E-state index contributed by atoms with van der Waals surface area (Å²) < 4.78 is 5.63. The average molecular weight is 301 g/mol. The molecule has 1 aromatic carbocycles. The molecule has 6 heteroatoms. The third kappa shape index (κ3) is 3.46. The molecule has 0 spiro atoms. The Hall–Kier alpha value is -2.34. The Kier molecular flexibility index (Phi) is 4.39. The fraction of sp³-hybridized carbons (Fsp3) is 0.375. The number of amides is 2. The van der Waals surface area contributed by atoms with Gasteiger partial charge < -0.3 is 19.7 Å². The highest BCUT2D eigenvalue weighted by Gasteiger charge is 2.22. The fourth-order valence-corrected chi connectivity index (χ4v) is 2.53. The van der Waals surface area contributed by atoms with E-state index in [4.69, 9.17) is 4.42 Å². The number of carbonyl (C=O) groups is 1. The van der Waals surface area contributed by atoms with E-state index in [0.717, 1.165) is 18.4 Å². The molecule has 0 aliphatic carbocycles. The second kappa shape index (κ2) is 6.62. The predicted octanol–water partition coefficient (Wildman–Crippen LogP) is 2.01. The first-order valence-corrected chi connectivity index (χ1v) is 7.43. The van der Waals surface area contributed by atoms with Crippen molar-refractivity contribution in [3.8, 4) is 11.3 Å². The van der Waals surface area contributed by atoms with Crippen LogP contribution in [0.5, 0.6) is 0 Å². The quantitative estimate of drug-likeness (QED) is 0.909. The molecule has 0 radical (unpaired) electrons. The third-order valence-electron chi connectivity index (χ3n) is 3.69. The van der Waals surface area contributed by atoms with E-state index in [9.17, 15) is 9.90 Å². The number of piperidine rings is 1. The van der Waals surface area contributed by atoms with Gasteiger partial charge in [-0.1, -0.05) is 30.3 Å². The molecule has 1 aromatic heterocycles. The summed E-state index contributed by atoms with van der Waals surface area (Å²) in [5.74, 6) is 1.14. The third-order valence-corrected chi connectivity index (χ3v) is 3.69. The summed E-state index contributed by atoms with van der Waals surface area (Å²) in [6.45, 7) is 1.29. The van der Waals surface area contributed by atoms with Crippen LogP contribution in [-0.2, 0) is 6.54 Å². The number of β-amino-alcohol motifs (C(OH)–C–C–N with tert-alkyl or cyclic N) is 1. The van der Waals surface area contributed by atoms with Crippen molar-refractivity contribution >= 4 is 6.03 Å². The highest BCUT2D eigenvalue weighted by Crippen LogP contribution is 2.19. The zero-order valence-electron chi connectivity index (χ0n) is 12.2. The number of rotatable bonds is 3. The maximum absolute atomic E-state index is 12.0. The van der Waals surface area contributed by atoms with E-state index in [0.29, 0.717) is 24.7 Å². The smallest absolute Gasteiger partial charge is 0.317 e. The van der Waals surface area contributed by atoms with Gasteiger partial charge in [-0.3, -0.25) is 0 Å². The molecule has 22 heavy (non-hydrogen) atoms. The molecule has 1 saturated heterocycles. The number of nitrogens with one attached hydrogen (secondary N) is 1. The van der Waals surface area contributed by atoms with Crippen molar-refractivity contribution in [1.29, 1.82) is 0 Å². The minimum Gasteiger partial charge on any atom is -0.439 e. The van der Waals surface area contributed by atoms with Crippen LogP contribution in [-0.4, -0.2) is 40.2 Å². The number of aliphatic hydroxyl groups excluding tert-OH is 1. The first kappa shape index (κ1) is 14.6. The van der Waals surface area contributed by atoms with E-state index in [1.54, 1.807) is 11.1 Å². The molecule has 6 nitrogen and oxygen atoms in total. The largest absolute Gasteiger partial charge is 0.439 e. The number of aromatic nitrogens is 1. The first-order valence-electron chi connectivity index (χ1n) is 7.43. The van der Waals surface area contributed by atoms with Gasteiger partial charge in [-0.15, -0.1) is 0 Å². The van der Waals surface area contributed by atoms with Crippen LogP contribution in [0.4, 0.5) is 4.79 Å². The Labute approximate surface area is 128 Å². The lowest BCUT2D eigenvalue weighted by Crippen LogP contribution is -2.46. The Morgan fingerprint density at radius 3 is 3.00 bits per heavy atom. The molecular formula is C16H19N3O3. The van der Waals surface area contributed by atoms with Crippen molar-refractivity contribution in [2.75, 3.05) is 13.1 Å². The fourth-order valence-electron chi connectivity index (χ4n) is 2.53. The van der Waals surface area contributed by atoms with Crippen molar-refractivity contribution in [3.63, 3.8) is 0 Å². The molecule has 1 aliphatic rings. The summed E-state index contributed by atoms with van der Waals surface area (Å²) in [5.41, 5.74) is 0.951. The van der Waals surface area contributed by atoms with Crippen LogP contribution >= 0.6 is 0 Å². The van der Waals surface area contributed by atoms with Crippen molar-refractivity contribution in [2.24, 2.45) is 0 Å². The van der Waals surface area contributed by atoms with Crippen molar-refractivity contribution < 1.29 is 14.3 Å².